The summed E-state index contributed by atoms with van der Waals surface area (Å²) in [4.78, 5) is 21.0. The molecule has 0 bridgehead atoms. The molecule has 0 aliphatic carbocycles. The van der Waals surface area contributed by atoms with E-state index in [-0.39, 0.29) is 11.3 Å². The Balaban J connectivity index is 2.10. The van der Waals surface area contributed by atoms with Crippen molar-refractivity contribution >= 4 is 12.0 Å². The Hall–Kier alpha value is -1.68. The topological polar surface area (TPSA) is 36.4 Å². The van der Waals surface area contributed by atoms with Gasteiger partial charge in [-0.2, -0.15) is 0 Å². The maximum atomic E-state index is 12.5. The van der Waals surface area contributed by atoms with Gasteiger partial charge in [-0.3, -0.25) is 9.78 Å². The van der Waals surface area contributed by atoms with E-state index < -0.39 is 0 Å². The van der Waals surface area contributed by atoms with Crippen LogP contribution in [0.5, 0.6) is 0 Å². The zero-order chi connectivity index (χ0) is 15.5. The highest BCUT2D eigenvalue weighted by molar-refractivity contribution is 5.94. The summed E-state index contributed by atoms with van der Waals surface area (Å²) < 4.78 is 0. The quantitative estimate of drug-likeness (QED) is 0.838. The molecule has 1 aromatic heterocycles. The van der Waals surface area contributed by atoms with Crippen LogP contribution in [0.25, 0.3) is 6.08 Å². The molecule has 4 nitrogen and oxygen atoms in total. The summed E-state index contributed by atoms with van der Waals surface area (Å²) in [6.45, 7) is 9.89. The number of likely N-dealkylation sites (N-methyl/N-ethyl adjacent to an activating group) is 1. The first-order valence-corrected chi connectivity index (χ1v) is 7.48. The minimum atomic E-state index is 0.107. The fourth-order valence-electron chi connectivity index (χ4n) is 2.20. The Bertz CT molecular complexity index is 523. The molecule has 0 saturated carbocycles. The van der Waals surface area contributed by atoms with Crippen LogP contribution < -0.4 is 0 Å². The molecule has 1 amide bonds. The molecule has 4 heteroatoms. The van der Waals surface area contributed by atoms with Gasteiger partial charge in [-0.1, -0.05) is 26.8 Å². The highest BCUT2D eigenvalue weighted by Gasteiger charge is 2.20. The molecule has 1 aromatic rings. The molecule has 2 rings (SSSR count). The number of pyridine rings is 1. The first-order valence-electron chi connectivity index (χ1n) is 7.48. The summed E-state index contributed by atoms with van der Waals surface area (Å²) in [5.41, 5.74) is 1.67. The lowest BCUT2D eigenvalue weighted by molar-refractivity contribution is 0.0664. The van der Waals surface area contributed by atoms with E-state index in [1.54, 1.807) is 12.3 Å². The van der Waals surface area contributed by atoms with E-state index in [1.807, 2.05) is 17.0 Å². The third-order valence-corrected chi connectivity index (χ3v) is 3.57. The van der Waals surface area contributed by atoms with Crippen molar-refractivity contribution in [3.63, 3.8) is 0 Å². The number of rotatable bonds is 2. The predicted molar refractivity (Wildman–Crippen MR) is 86.1 cm³/mol. The number of carbonyl (C=O) groups excluding carboxylic acids is 1. The van der Waals surface area contributed by atoms with E-state index in [4.69, 9.17) is 0 Å². The normalized spacial score (nSPS) is 17.4. The number of piperazine rings is 1. The van der Waals surface area contributed by atoms with Crippen LogP contribution in [-0.4, -0.2) is 53.9 Å². The second-order valence-electron chi connectivity index (χ2n) is 6.76. The number of allylic oxidation sites excluding steroid dienone is 1. The van der Waals surface area contributed by atoms with Crippen LogP contribution >= 0.6 is 0 Å². The van der Waals surface area contributed by atoms with Gasteiger partial charge in [-0.05, 0) is 30.7 Å². The van der Waals surface area contributed by atoms with Gasteiger partial charge in [0.15, 0.2) is 0 Å². The second-order valence-corrected chi connectivity index (χ2v) is 6.76. The fraction of sp³-hybridized carbons (Fsp3) is 0.529. The van der Waals surface area contributed by atoms with E-state index >= 15 is 0 Å². The predicted octanol–water partition coefficient (Wildman–Crippen LogP) is 2.53. The molecule has 1 saturated heterocycles. The van der Waals surface area contributed by atoms with Crippen molar-refractivity contribution in [2.75, 3.05) is 33.2 Å². The van der Waals surface area contributed by atoms with Gasteiger partial charge in [0.1, 0.15) is 0 Å². The Morgan fingerprint density at radius 2 is 1.90 bits per heavy atom. The van der Waals surface area contributed by atoms with Crippen molar-refractivity contribution in [2.24, 2.45) is 5.41 Å². The zero-order valence-electron chi connectivity index (χ0n) is 13.5. The van der Waals surface area contributed by atoms with E-state index in [2.05, 4.69) is 43.8 Å². The smallest absolute Gasteiger partial charge is 0.254 e. The molecule has 1 fully saturated rings. The van der Waals surface area contributed by atoms with Gasteiger partial charge in [-0.15, -0.1) is 0 Å². The summed E-state index contributed by atoms with van der Waals surface area (Å²) >= 11 is 0. The minimum absolute atomic E-state index is 0.107. The Morgan fingerprint density at radius 1 is 1.24 bits per heavy atom. The largest absolute Gasteiger partial charge is 0.336 e. The van der Waals surface area contributed by atoms with Crippen LogP contribution in [0.3, 0.4) is 0 Å². The third-order valence-electron chi connectivity index (χ3n) is 3.57. The molecule has 0 radical (unpaired) electrons. The summed E-state index contributed by atoms with van der Waals surface area (Å²) in [5.74, 6) is 0.107. The lowest BCUT2D eigenvalue weighted by Gasteiger charge is -2.32. The maximum Gasteiger partial charge on any atom is 0.254 e. The van der Waals surface area contributed by atoms with Crippen molar-refractivity contribution in [1.29, 1.82) is 0 Å². The summed E-state index contributed by atoms with van der Waals surface area (Å²) in [6.07, 6.45) is 5.81. The van der Waals surface area contributed by atoms with Crippen LogP contribution in [0, 0.1) is 5.41 Å². The Kier molecular flexibility index (Phi) is 4.78. The lowest BCUT2D eigenvalue weighted by atomic mass is 9.96. The van der Waals surface area contributed by atoms with Gasteiger partial charge in [0.2, 0.25) is 0 Å². The van der Waals surface area contributed by atoms with E-state index in [0.29, 0.717) is 0 Å². The van der Waals surface area contributed by atoms with Gasteiger partial charge < -0.3 is 9.80 Å². The molecule has 114 valence electrons. The summed E-state index contributed by atoms with van der Waals surface area (Å²) in [5, 5.41) is 0. The van der Waals surface area contributed by atoms with E-state index in [1.165, 1.54) is 0 Å². The second kappa shape index (κ2) is 6.39. The Morgan fingerprint density at radius 3 is 2.52 bits per heavy atom. The number of nitrogens with zero attached hydrogens (tertiary/aromatic N) is 3. The molecule has 0 spiro atoms. The average molecular weight is 287 g/mol. The van der Waals surface area contributed by atoms with Crippen LogP contribution in [-0.2, 0) is 0 Å². The van der Waals surface area contributed by atoms with Gasteiger partial charge in [0.25, 0.3) is 5.91 Å². The van der Waals surface area contributed by atoms with E-state index in [0.717, 1.165) is 37.4 Å². The van der Waals surface area contributed by atoms with Crippen molar-refractivity contribution < 1.29 is 4.79 Å². The number of aromatic nitrogens is 1. The monoisotopic (exact) mass is 287 g/mol. The molecule has 2 heterocycles. The molecule has 0 aromatic carbocycles. The molecule has 0 atom stereocenters. The number of carbonyl (C=O) groups is 1. The number of amides is 1. The number of hydrogen-bond acceptors (Lipinski definition) is 3. The van der Waals surface area contributed by atoms with Crippen molar-refractivity contribution in [2.45, 2.75) is 20.8 Å². The van der Waals surface area contributed by atoms with Crippen LogP contribution in [0.4, 0.5) is 0 Å². The van der Waals surface area contributed by atoms with Crippen LogP contribution in [0.15, 0.2) is 24.4 Å². The molecule has 0 N–H and O–H groups in total. The SMILES string of the molecule is CN1CCN(C(=O)c2ccnc(/C=C/C(C)(C)C)c2)CC1. The van der Waals surface area contributed by atoms with Gasteiger partial charge in [0, 0.05) is 37.9 Å². The van der Waals surface area contributed by atoms with Gasteiger partial charge in [0.05, 0.1) is 5.69 Å². The maximum absolute atomic E-state index is 12.5. The molecular weight excluding hydrogens is 262 g/mol. The minimum Gasteiger partial charge on any atom is -0.336 e. The summed E-state index contributed by atoms with van der Waals surface area (Å²) in [6, 6.07) is 3.68. The van der Waals surface area contributed by atoms with Crippen molar-refractivity contribution in [3.8, 4) is 0 Å². The fourth-order valence-corrected chi connectivity index (χ4v) is 2.20. The highest BCUT2D eigenvalue weighted by Crippen LogP contribution is 2.17. The van der Waals surface area contributed by atoms with Crippen LogP contribution in [0.2, 0.25) is 0 Å². The molecular formula is C17H25N3O. The highest BCUT2D eigenvalue weighted by atomic mass is 16.2. The lowest BCUT2D eigenvalue weighted by Crippen LogP contribution is -2.47. The average Bonchev–Trinajstić information content (AvgIpc) is 2.45. The Labute approximate surface area is 127 Å². The first-order chi connectivity index (χ1) is 9.85. The molecule has 0 unspecified atom stereocenters. The molecule has 1 aliphatic heterocycles. The number of hydrogen-bond donors (Lipinski definition) is 0. The third kappa shape index (κ3) is 4.67. The van der Waals surface area contributed by atoms with Gasteiger partial charge >= 0.3 is 0 Å². The first kappa shape index (κ1) is 15.7. The molecule has 1 aliphatic rings. The van der Waals surface area contributed by atoms with Gasteiger partial charge in [-0.25, -0.2) is 0 Å². The van der Waals surface area contributed by atoms with Crippen molar-refractivity contribution in [3.05, 3.63) is 35.7 Å². The zero-order valence-corrected chi connectivity index (χ0v) is 13.5. The van der Waals surface area contributed by atoms with Crippen molar-refractivity contribution in [1.82, 2.24) is 14.8 Å². The van der Waals surface area contributed by atoms with Crippen LogP contribution in [0.1, 0.15) is 36.8 Å². The standard InChI is InChI=1S/C17H25N3O/c1-17(2,3)7-5-15-13-14(6-8-18-15)16(21)20-11-9-19(4)10-12-20/h5-8,13H,9-12H2,1-4H3/b7-5+. The molecule has 21 heavy (non-hydrogen) atoms. The summed E-state index contributed by atoms with van der Waals surface area (Å²) in [7, 11) is 2.09. The van der Waals surface area contributed by atoms with E-state index in [9.17, 15) is 4.79 Å².